The fraction of sp³-hybridized carbons (Fsp3) is 0.0714. The van der Waals surface area contributed by atoms with Gasteiger partial charge in [0.15, 0.2) is 0 Å². The van der Waals surface area contributed by atoms with Crippen LogP contribution in [0.4, 0.5) is 5.69 Å². The number of benzene rings is 2. The van der Waals surface area contributed by atoms with Crippen LogP contribution in [-0.2, 0) is 0 Å². The lowest BCUT2D eigenvalue weighted by molar-refractivity contribution is 0.102. The summed E-state index contributed by atoms with van der Waals surface area (Å²) in [5.41, 5.74) is 2.29. The van der Waals surface area contributed by atoms with E-state index in [4.69, 9.17) is 11.6 Å². The molecule has 0 atom stereocenters. The Morgan fingerprint density at radius 3 is 2.74 bits per heavy atom. The van der Waals surface area contributed by atoms with Crippen LogP contribution >= 0.6 is 50.1 Å². The van der Waals surface area contributed by atoms with Crippen molar-refractivity contribution in [1.29, 1.82) is 0 Å². The summed E-state index contributed by atoms with van der Waals surface area (Å²) in [6.45, 7) is 1.95. The Morgan fingerprint density at radius 2 is 2.00 bits per heavy atom. The minimum atomic E-state index is -0.168. The average Bonchev–Trinajstić information content (AvgIpc) is 2.36. The Balaban J connectivity index is 2.30. The first-order valence-electron chi connectivity index (χ1n) is 5.50. The summed E-state index contributed by atoms with van der Waals surface area (Å²) in [5, 5.41) is 3.37. The second-order valence-corrected chi connectivity index (χ2v) is 6.55. The average molecular weight is 451 g/mol. The van der Waals surface area contributed by atoms with Crippen molar-refractivity contribution in [3.8, 4) is 0 Å². The van der Waals surface area contributed by atoms with Crippen LogP contribution in [0, 0.1) is 10.5 Å². The highest BCUT2D eigenvalue weighted by Crippen LogP contribution is 2.25. The molecule has 0 saturated heterocycles. The first kappa shape index (κ1) is 14.8. The number of amides is 1. The molecule has 0 spiro atoms. The summed E-state index contributed by atoms with van der Waals surface area (Å²) in [7, 11) is 0. The number of hydrogen-bond donors (Lipinski definition) is 1. The van der Waals surface area contributed by atoms with Gasteiger partial charge in [0.1, 0.15) is 0 Å². The van der Waals surface area contributed by atoms with Gasteiger partial charge in [-0.15, -0.1) is 0 Å². The van der Waals surface area contributed by atoms with Gasteiger partial charge in [0.2, 0.25) is 0 Å². The van der Waals surface area contributed by atoms with Crippen LogP contribution in [0.25, 0.3) is 0 Å². The molecule has 0 unspecified atom stereocenters. The SMILES string of the molecule is Cc1ccc(Cl)c(NC(=O)c2cc(Br)ccc2I)c1. The van der Waals surface area contributed by atoms with Crippen molar-refractivity contribution in [2.24, 2.45) is 0 Å². The smallest absolute Gasteiger partial charge is 0.256 e. The highest BCUT2D eigenvalue weighted by molar-refractivity contribution is 14.1. The zero-order valence-electron chi connectivity index (χ0n) is 10.0. The summed E-state index contributed by atoms with van der Waals surface area (Å²) in [4.78, 5) is 12.3. The summed E-state index contributed by atoms with van der Waals surface area (Å²) in [6.07, 6.45) is 0. The molecule has 5 heteroatoms. The van der Waals surface area contributed by atoms with E-state index in [1.54, 1.807) is 12.1 Å². The Kier molecular flexibility index (Phi) is 4.86. The quantitative estimate of drug-likeness (QED) is 0.621. The monoisotopic (exact) mass is 449 g/mol. The third-order valence-electron chi connectivity index (χ3n) is 2.54. The normalized spacial score (nSPS) is 10.3. The maximum absolute atomic E-state index is 12.3. The first-order valence-corrected chi connectivity index (χ1v) is 7.75. The van der Waals surface area contributed by atoms with Gasteiger partial charge in [-0.1, -0.05) is 33.6 Å². The van der Waals surface area contributed by atoms with E-state index in [9.17, 15) is 4.79 Å². The summed E-state index contributed by atoms with van der Waals surface area (Å²) >= 11 is 11.6. The van der Waals surface area contributed by atoms with Crippen molar-refractivity contribution >= 4 is 61.7 Å². The maximum atomic E-state index is 12.3. The van der Waals surface area contributed by atoms with Crippen LogP contribution in [0.15, 0.2) is 40.9 Å². The van der Waals surface area contributed by atoms with Gasteiger partial charge in [-0.05, 0) is 65.4 Å². The third kappa shape index (κ3) is 3.70. The summed E-state index contributed by atoms with van der Waals surface area (Å²) < 4.78 is 1.76. The number of aryl methyl sites for hydroxylation is 1. The Labute approximate surface area is 138 Å². The summed E-state index contributed by atoms with van der Waals surface area (Å²) in [5.74, 6) is -0.168. The van der Waals surface area contributed by atoms with Gasteiger partial charge >= 0.3 is 0 Å². The number of hydrogen-bond acceptors (Lipinski definition) is 1. The Morgan fingerprint density at radius 1 is 1.26 bits per heavy atom. The van der Waals surface area contributed by atoms with Crippen molar-refractivity contribution in [3.05, 3.63) is 60.6 Å². The van der Waals surface area contributed by atoms with Crippen LogP contribution in [-0.4, -0.2) is 5.91 Å². The van der Waals surface area contributed by atoms with Crippen molar-refractivity contribution in [3.63, 3.8) is 0 Å². The molecule has 0 aliphatic rings. The largest absolute Gasteiger partial charge is 0.321 e. The number of anilines is 1. The lowest BCUT2D eigenvalue weighted by atomic mass is 10.2. The number of carbonyl (C=O) groups excluding carboxylic acids is 1. The molecular formula is C14H10BrClINO. The van der Waals surface area contributed by atoms with Crippen LogP contribution in [0.2, 0.25) is 5.02 Å². The van der Waals surface area contributed by atoms with Gasteiger partial charge in [-0.25, -0.2) is 0 Å². The van der Waals surface area contributed by atoms with Gasteiger partial charge in [0.05, 0.1) is 16.3 Å². The molecule has 1 N–H and O–H groups in total. The molecule has 2 rings (SSSR count). The second-order valence-electron chi connectivity index (χ2n) is 4.06. The van der Waals surface area contributed by atoms with Gasteiger partial charge in [-0.3, -0.25) is 4.79 Å². The highest BCUT2D eigenvalue weighted by atomic mass is 127. The van der Waals surface area contributed by atoms with Gasteiger partial charge < -0.3 is 5.32 Å². The Hall–Kier alpha value is -0.590. The molecule has 2 aromatic rings. The minimum absolute atomic E-state index is 0.168. The van der Waals surface area contributed by atoms with E-state index in [2.05, 4.69) is 43.8 Å². The van der Waals surface area contributed by atoms with Crippen LogP contribution < -0.4 is 5.32 Å². The van der Waals surface area contributed by atoms with Crippen molar-refractivity contribution < 1.29 is 4.79 Å². The second kappa shape index (κ2) is 6.24. The molecule has 2 nitrogen and oxygen atoms in total. The zero-order chi connectivity index (χ0) is 14.0. The molecule has 0 fully saturated rings. The lowest BCUT2D eigenvalue weighted by Crippen LogP contribution is -2.13. The number of carbonyl (C=O) groups is 1. The number of rotatable bonds is 2. The van der Waals surface area contributed by atoms with Gasteiger partial charge in [-0.2, -0.15) is 0 Å². The molecule has 2 aromatic carbocycles. The molecule has 0 aliphatic carbocycles. The Bertz CT molecular complexity index is 645. The third-order valence-corrected chi connectivity index (χ3v) is 4.31. The van der Waals surface area contributed by atoms with Gasteiger partial charge in [0, 0.05) is 8.04 Å². The van der Waals surface area contributed by atoms with E-state index in [1.807, 2.05) is 31.2 Å². The molecule has 0 heterocycles. The fourth-order valence-corrected chi connectivity index (χ4v) is 2.70. The van der Waals surface area contributed by atoms with Crippen molar-refractivity contribution in [2.75, 3.05) is 5.32 Å². The van der Waals surface area contributed by atoms with E-state index >= 15 is 0 Å². The number of halogens is 3. The predicted octanol–water partition coefficient (Wildman–Crippen LogP) is 5.27. The molecule has 0 bridgehead atoms. The molecule has 19 heavy (non-hydrogen) atoms. The first-order chi connectivity index (χ1) is 8.97. The van der Waals surface area contributed by atoms with Crippen molar-refractivity contribution in [1.82, 2.24) is 0 Å². The van der Waals surface area contributed by atoms with E-state index < -0.39 is 0 Å². The zero-order valence-corrected chi connectivity index (χ0v) is 14.5. The maximum Gasteiger partial charge on any atom is 0.256 e. The standard InChI is InChI=1S/C14H10BrClINO/c1-8-2-4-11(16)13(6-8)18-14(19)10-7-9(15)3-5-12(10)17/h2-7H,1H3,(H,18,19). The number of nitrogens with one attached hydrogen (secondary N) is 1. The molecule has 0 saturated carbocycles. The van der Waals surface area contributed by atoms with Crippen LogP contribution in [0.1, 0.15) is 15.9 Å². The molecule has 98 valence electrons. The molecular weight excluding hydrogens is 440 g/mol. The highest BCUT2D eigenvalue weighted by Gasteiger charge is 2.12. The van der Waals surface area contributed by atoms with E-state index in [0.717, 1.165) is 13.6 Å². The van der Waals surface area contributed by atoms with Gasteiger partial charge in [0.25, 0.3) is 5.91 Å². The van der Waals surface area contributed by atoms with E-state index in [0.29, 0.717) is 16.3 Å². The molecule has 0 aromatic heterocycles. The predicted molar refractivity (Wildman–Crippen MR) is 91.0 cm³/mol. The topological polar surface area (TPSA) is 29.1 Å². The minimum Gasteiger partial charge on any atom is -0.321 e. The molecule has 0 radical (unpaired) electrons. The molecule has 0 aliphatic heterocycles. The van der Waals surface area contributed by atoms with Crippen LogP contribution in [0.3, 0.4) is 0 Å². The summed E-state index contributed by atoms with van der Waals surface area (Å²) in [6, 6.07) is 11.1. The van der Waals surface area contributed by atoms with Crippen LogP contribution in [0.5, 0.6) is 0 Å². The van der Waals surface area contributed by atoms with E-state index in [1.165, 1.54) is 0 Å². The molecule has 1 amide bonds. The lowest BCUT2D eigenvalue weighted by Gasteiger charge is -2.09. The van der Waals surface area contributed by atoms with Crippen molar-refractivity contribution in [2.45, 2.75) is 6.92 Å². The fourth-order valence-electron chi connectivity index (χ4n) is 1.60. The van der Waals surface area contributed by atoms with E-state index in [-0.39, 0.29) is 5.91 Å².